The molecule has 0 aliphatic heterocycles. The summed E-state index contributed by atoms with van der Waals surface area (Å²) < 4.78 is 8.64. The molecule has 4 aromatic rings. The summed E-state index contributed by atoms with van der Waals surface area (Å²) in [7, 11) is 3.27. The molecule has 0 saturated heterocycles. The number of non-ortho nitro benzene ring substituents is 1. The van der Waals surface area contributed by atoms with Gasteiger partial charge in [0.2, 0.25) is 5.91 Å². The molecule has 0 spiro atoms. The number of aromatic nitrogens is 2. The number of nitrogens with zero attached hydrogens (tertiary/aromatic N) is 3. The van der Waals surface area contributed by atoms with Crippen molar-refractivity contribution in [1.29, 1.82) is 0 Å². The van der Waals surface area contributed by atoms with Gasteiger partial charge in [-0.3, -0.25) is 24.3 Å². The summed E-state index contributed by atoms with van der Waals surface area (Å²) in [5.41, 5.74) is 2.10. The lowest BCUT2D eigenvalue weighted by Crippen LogP contribution is -2.18. The van der Waals surface area contributed by atoms with Gasteiger partial charge in [0.1, 0.15) is 6.10 Å². The second-order valence-electron chi connectivity index (χ2n) is 7.51. The Bertz CT molecular complexity index is 1350. The van der Waals surface area contributed by atoms with E-state index in [9.17, 15) is 19.7 Å². The summed E-state index contributed by atoms with van der Waals surface area (Å²) in [5.74, 6) is -0.253. The summed E-state index contributed by atoms with van der Waals surface area (Å²) in [5, 5.41) is 11.9. The number of hydrogen-bond acceptors (Lipinski definition) is 5. The van der Waals surface area contributed by atoms with E-state index in [1.165, 1.54) is 27.5 Å². The van der Waals surface area contributed by atoms with Gasteiger partial charge in [0.25, 0.3) is 11.2 Å². The van der Waals surface area contributed by atoms with E-state index in [0.29, 0.717) is 16.3 Å². The third-order valence-electron chi connectivity index (χ3n) is 5.43. The standard InChI is InChI=1S/C24H21N3O5/c1-25-13-20(23(32-2)17-6-4-3-5-7-17)19-14-26(15-21(19)24(25)29)22(28)12-16-8-10-18(11-9-16)27(30)31/h3-11,13-15,23H,12H2,1-2H3. The number of ether oxygens (including phenoxy) is 1. The molecule has 0 fully saturated rings. The van der Waals surface area contributed by atoms with Crippen LogP contribution in [0.4, 0.5) is 5.69 Å². The van der Waals surface area contributed by atoms with Crippen LogP contribution in [0.25, 0.3) is 10.8 Å². The number of fused-ring (bicyclic) bond motifs is 1. The first-order valence-corrected chi connectivity index (χ1v) is 9.94. The van der Waals surface area contributed by atoms with Crippen LogP contribution in [0.5, 0.6) is 0 Å². The van der Waals surface area contributed by atoms with Crippen molar-refractivity contribution in [2.45, 2.75) is 12.5 Å². The predicted octanol–water partition coefficient (Wildman–Crippen LogP) is 3.87. The molecule has 0 aliphatic rings. The zero-order chi connectivity index (χ0) is 22.8. The van der Waals surface area contributed by atoms with Gasteiger partial charge in [-0.25, -0.2) is 0 Å². The van der Waals surface area contributed by atoms with Gasteiger partial charge in [-0.1, -0.05) is 42.5 Å². The van der Waals surface area contributed by atoms with Gasteiger partial charge in [0.15, 0.2) is 0 Å². The molecule has 0 aliphatic carbocycles. The summed E-state index contributed by atoms with van der Waals surface area (Å²) >= 11 is 0. The van der Waals surface area contributed by atoms with Crippen LogP contribution >= 0.6 is 0 Å². The fourth-order valence-corrected chi connectivity index (χ4v) is 3.81. The molecule has 0 bridgehead atoms. The van der Waals surface area contributed by atoms with E-state index in [1.54, 1.807) is 38.7 Å². The lowest BCUT2D eigenvalue weighted by molar-refractivity contribution is -0.384. The predicted molar refractivity (Wildman–Crippen MR) is 120 cm³/mol. The van der Waals surface area contributed by atoms with Crippen LogP contribution in [0.1, 0.15) is 27.6 Å². The molecule has 32 heavy (non-hydrogen) atoms. The lowest BCUT2D eigenvalue weighted by Gasteiger charge is -2.18. The Balaban J connectivity index is 1.74. The number of pyridine rings is 1. The topological polar surface area (TPSA) is 96.4 Å². The fourth-order valence-electron chi connectivity index (χ4n) is 3.81. The molecule has 162 valence electrons. The number of nitro groups is 1. The Morgan fingerprint density at radius 2 is 1.69 bits per heavy atom. The van der Waals surface area contributed by atoms with E-state index < -0.39 is 11.0 Å². The summed E-state index contributed by atoms with van der Waals surface area (Å²) in [6.07, 6.45) is 4.55. The van der Waals surface area contributed by atoms with Crippen LogP contribution in [-0.2, 0) is 18.2 Å². The van der Waals surface area contributed by atoms with Gasteiger partial charge in [-0.2, -0.15) is 0 Å². The van der Waals surface area contributed by atoms with E-state index in [2.05, 4.69) is 0 Å². The minimum absolute atomic E-state index is 0.0347. The highest BCUT2D eigenvalue weighted by atomic mass is 16.6. The lowest BCUT2D eigenvalue weighted by atomic mass is 10.00. The van der Waals surface area contributed by atoms with Crippen molar-refractivity contribution in [1.82, 2.24) is 9.13 Å². The highest BCUT2D eigenvalue weighted by Crippen LogP contribution is 2.30. The maximum Gasteiger partial charge on any atom is 0.269 e. The number of carbonyl (C=O) groups excluding carboxylic acids is 1. The van der Waals surface area contributed by atoms with Crippen molar-refractivity contribution in [2.75, 3.05) is 7.11 Å². The smallest absolute Gasteiger partial charge is 0.269 e. The van der Waals surface area contributed by atoms with E-state index in [1.807, 2.05) is 30.3 Å². The van der Waals surface area contributed by atoms with Crippen LogP contribution < -0.4 is 5.56 Å². The van der Waals surface area contributed by atoms with Crippen LogP contribution in [-0.4, -0.2) is 27.1 Å². The van der Waals surface area contributed by atoms with Crippen molar-refractivity contribution >= 4 is 22.4 Å². The van der Waals surface area contributed by atoms with E-state index >= 15 is 0 Å². The van der Waals surface area contributed by atoms with Crippen LogP contribution in [0.3, 0.4) is 0 Å². The molecule has 2 aromatic heterocycles. The highest BCUT2D eigenvalue weighted by Gasteiger charge is 2.21. The van der Waals surface area contributed by atoms with Crippen LogP contribution in [0.2, 0.25) is 0 Å². The van der Waals surface area contributed by atoms with Gasteiger partial charge < -0.3 is 9.30 Å². The van der Waals surface area contributed by atoms with Gasteiger partial charge in [0.05, 0.1) is 16.7 Å². The zero-order valence-electron chi connectivity index (χ0n) is 17.6. The van der Waals surface area contributed by atoms with Gasteiger partial charge >= 0.3 is 0 Å². The number of hydrogen-bond donors (Lipinski definition) is 0. The third-order valence-corrected chi connectivity index (χ3v) is 5.43. The van der Waals surface area contributed by atoms with Crippen molar-refractivity contribution in [3.05, 3.63) is 110 Å². The SMILES string of the molecule is COC(c1ccccc1)c1cn(C)c(=O)c2cn(C(=O)Cc3ccc([N+](=O)[O-])cc3)cc12. The van der Waals surface area contributed by atoms with E-state index in [-0.39, 0.29) is 23.6 Å². The van der Waals surface area contributed by atoms with Gasteiger partial charge in [-0.05, 0) is 11.1 Å². The molecule has 4 rings (SSSR count). The van der Waals surface area contributed by atoms with Crippen molar-refractivity contribution in [2.24, 2.45) is 7.05 Å². The maximum absolute atomic E-state index is 12.9. The zero-order valence-corrected chi connectivity index (χ0v) is 17.6. The molecule has 8 heteroatoms. The van der Waals surface area contributed by atoms with Gasteiger partial charge in [0, 0.05) is 55.8 Å². The number of aryl methyl sites for hydroxylation is 1. The molecule has 0 N–H and O–H groups in total. The molecule has 1 atom stereocenters. The monoisotopic (exact) mass is 431 g/mol. The van der Waals surface area contributed by atoms with Crippen LogP contribution in [0, 0.1) is 10.1 Å². The number of rotatable bonds is 6. The molecule has 0 amide bonds. The third kappa shape index (κ3) is 3.95. The second kappa shape index (κ2) is 8.60. The summed E-state index contributed by atoms with van der Waals surface area (Å²) in [6.45, 7) is 0. The second-order valence-corrected chi connectivity index (χ2v) is 7.51. The summed E-state index contributed by atoms with van der Waals surface area (Å²) in [6, 6.07) is 15.5. The summed E-state index contributed by atoms with van der Waals surface area (Å²) in [4.78, 5) is 36.0. The highest BCUT2D eigenvalue weighted by molar-refractivity contribution is 5.91. The first kappa shape index (κ1) is 21.2. The van der Waals surface area contributed by atoms with Crippen LogP contribution in [0.15, 0.2) is 78.0 Å². The van der Waals surface area contributed by atoms with E-state index in [0.717, 1.165) is 11.1 Å². The largest absolute Gasteiger partial charge is 0.372 e. The minimum atomic E-state index is -0.486. The first-order valence-electron chi connectivity index (χ1n) is 9.94. The fraction of sp³-hybridized carbons (Fsp3) is 0.167. The Hall–Kier alpha value is -4.04. The molecule has 1 unspecified atom stereocenters. The molecule has 0 saturated carbocycles. The molecule has 2 aromatic carbocycles. The minimum Gasteiger partial charge on any atom is -0.372 e. The van der Waals surface area contributed by atoms with E-state index in [4.69, 9.17) is 4.74 Å². The Labute approximate surface area is 183 Å². The first-order chi connectivity index (χ1) is 15.4. The van der Waals surface area contributed by atoms with Gasteiger partial charge in [-0.15, -0.1) is 0 Å². The molecular weight excluding hydrogens is 410 g/mol. The average Bonchev–Trinajstić information content (AvgIpc) is 3.25. The van der Waals surface area contributed by atoms with Crippen molar-refractivity contribution in [3.8, 4) is 0 Å². The molecule has 0 radical (unpaired) electrons. The molecular formula is C24H21N3O5. The Morgan fingerprint density at radius 3 is 2.31 bits per heavy atom. The maximum atomic E-state index is 12.9. The number of benzene rings is 2. The quantitative estimate of drug-likeness (QED) is 0.341. The average molecular weight is 431 g/mol. The Morgan fingerprint density at radius 1 is 1.03 bits per heavy atom. The normalized spacial score (nSPS) is 12.1. The number of carbonyl (C=O) groups is 1. The number of nitro benzene ring substituents is 1. The Kier molecular flexibility index (Phi) is 5.70. The number of methoxy groups -OCH3 is 1. The molecule has 8 nitrogen and oxygen atoms in total. The van der Waals surface area contributed by atoms with Crippen molar-refractivity contribution < 1.29 is 14.5 Å². The van der Waals surface area contributed by atoms with Crippen molar-refractivity contribution in [3.63, 3.8) is 0 Å². The molecule has 2 heterocycles.